The van der Waals surface area contributed by atoms with Crippen molar-refractivity contribution >= 4 is 24.1 Å². The number of aliphatic hydroxyl groups is 1. The molecule has 0 aliphatic rings. The van der Waals surface area contributed by atoms with Crippen LogP contribution in [0.1, 0.15) is 31.8 Å². The van der Waals surface area contributed by atoms with Crippen LogP contribution in [0.4, 0.5) is 0 Å². The predicted octanol–water partition coefficient (Wildman–Crippen LogP) is 3.09. The van der Waals surface area contributed by atoms with Crippen LogP contribution in [0.3, 0.4) is 0 Å². The number of carbonyl (C=O) groups is 2. The van der Waals surface area contributed by atoms with Gasteiger partial charge in [-0.05, 0) is 12.1 Å². The Bertz CT molecular complexity index is 1140. The van der Waals surface area contributed by atoms with E-state index in [1.807, 2.05) is 12.1 Å². The zero-order chi connectivity index (χ0) is 24.8. The molecule has 0 aliphatic heterocycles. The van der Waals surface area contributed by atoms with Crippen molar-refractivity contribution in [1.82, 2.24) is 0 Å². The normalized spacial score (nSPS) is 9.91. The highest BCUT2D eigenvalue weighted by molar-refractivity contribution is 6.02. The third-order valence-corrected chi connectivity index (χ3v) is 4.47. The minimum atomic E-state index is -1.41. The number of carboxylic acids is 1. The molecule has 3 aromatic rings. The number of aromatic carboxylic acids is 1. The van der Waals surface area contributed by atoms with Crippen molar-refractivity contribution < 1.29 is 34.1 Å². The largest absolute Gasteiger partial charge is 0.478 e. The lowest BCUT2D eigenvalue weighted by Crippen LogP contribution is -2.22. The highest BCUT2D eigenvalue weighted by Gasteiger charge is 2.34. The Morgan fingerprint density at radius 2 is 1.21 bits per heavy atom. The van der Waals surface area contributed by atoms with E-state index < -0.39 is 17.6 Å². The number of rotatable bonds is 8. The molecule has 0 saturated heterocycles. The van der Waals surface area contributed by atoms with Crippen LogP contribution in [-0.4, -0.2) is 47.5 Å². The van der Waals surface area contributed by atoms with Crippen LogP contribution >= 0.6 is 0 Å². The molecular weight excluding hydrogens is 440 g/mol. The number of aliphatic hydroxyl groups excluding tert-OH is 1. The molecule has 3 rings (SSSR count). The van der Waals surface area contributed by atoms with E-state index in [4.69, 9.17) is 10.2 Å². The SMILES string of the molecule is O=C(O)c1ccccc1C(=O)OCCO.O=C=NC(N=C=O)(c1ccccc1)c1ccccc1. The number of esters is 1. The summed E-state index contributed by atoms with van der Waals surface area (Å²) in [6.45, 7) is -0.437. The van der Waals surface area contributed by atoms with Gasteiger partial charge < -0.3 is 14.9 Å². The second kappa shape index (κ2) is 13.0. The van der Waals surface area contributed by atoms with Crippen LogP contribution in [0.15, 0.2) is 94.9 Å². The molecule has 0 amide bonds. The van der Waals surface area contributed by atoms with Gasteiger partial charge in [0.25, 0.3) is 0 Å². The zero-order valence-corrected chi connectivity index (χ0v) is 17.8. The third-order valence-electron chi connectivity index (χ3n) is 4.47. The molecule has 0 aliphatic carbocycles. The molecule has 172 valence electrons. The van der Waals surface area contributed by atoms with Gasteiger partial charge in [0.2, 0.25) is 17.8 Å². The molecule has 0 fully saturated rings. The maximum Gasteiger partial charge on any atom is 0.339 e. The number of aliphatic imine (C=N–C) groups is 2. The molecule has 0 bridgehead atoms. The number of ether oxygens (including phenoxy) is 1. The van der Waals surface area contributed by atoms with Crippen molar-refractivity contribution in [3.63, 3.8) is 0 Å². The molecule has 3 aromatic carbocycles. The van der Waals surface area contributed by atoms with Gasteiger partial charge in [0.15, 0.2) is 0 Å². The Labute approximate surface area is 194 Å². The second-order valence-electron chi connectivity index (χ2n) is 6.52. The smallest absolute Gasteiger partial charge is 0.339 e. The first-order chi connectivity index (χ1) is 16.5. The summed E-state index contributed by atoms with van der Waals surface area (Å²) in [7, 11) is 0. The van der Waals surface area contributed by atoms with Gasteiger partial charge in [-0.3, -0.25) is 0 Å². The summed E-state index contributed by atoms with van der Waals surface area (Å²) in [4.78, 5) is 51.1. The van der Waals surface area contributed by atoms with Crippen molar-refractivity contribution in [2.45, 2.75) is 5.66 Å². The molecule has 34 heavy (non-hydrogen) atoms. The van der Waals surface area contributed by atoms with Gasteiger partial charge in [0, 0.05) is 11.1 Å². The minimum absolute atomic E-state index is 0.0153. The average molecular weight is 460 g/mol. The van der Waals surface area contributed by atoms with E-state index in [-0.39, 0.29) is 24.3 Å². The second-order valence-corrected chi connectivity index (χ2v) is 6.52. The summed E-state index contributed by atoms with van der Waals surface area (Å²) >= 11 is 0. The van der Waals surface area contributed by atoms with E-state index in [0.717, 1.165) is 0 Å². The molecule has 0 unspecified atom stereocenters. The highest BCUT2D eigenvalue weighted by Crippen LogP contribution is 2.34. The van der Waals surface area contributed by atoms with Gasteiger partial charge in [0.05, 0.1) is 17.7 Å². The van der Waals surface area contributed by atoms with Crippen LogP contribution in [0.5, 0.6) is 0 Å². The quantitative estimate of drug-likeness (QED) is 0.299. The van der Waals surface area contributed by atoms with E-state index >= 15 is 0 Å². The fourth-order valence-corrected chi connectivity index (χ4v) is 2.99. The topological polar surface area (TPSA) is 143 Å². The fourth-order valence-electron chi connectivity index (χ4n) is 2.99. The summed E-state index contributed by atoms with van der Waals surface area (Å²) in [5.41, 5.74) is -0.328. The zero-order valence-electron chi connectivity index (χ0n) is 17.8. The number of carboxylic acid groups (broad SMARTS) is 1. The Morgan fingerprint density at radius 3 is 1.62 bits per heavy atom. The lowest BCUT2D eigenvalue weighted by atomic mass is 9.92. The first kappa shape index (κ1) is 25.6. The summed E-state index contributed by atoms with van der Waals surface area (Å²) in [6.07, 6.45) is 2.99. The number of carbonyl (C=O) groups excluding carboxylic acids is 3. The molecule has 0 spiro atoms. The van der Waals surface area contributed by atoms with Crippen LogP contribution in [0, 0.1) is 0 Å². The number of hydrogen-bond acceptors (Lipinski definition) is 8. The lowest BCUT2D eigenvalue weighted by molar-refractivity contribution is 0.0426. The predicted molar refractivity (Wildman–Crippen MR) is 121 cm³/mol. The van der Waals surface area contributed by atoms with Crippen molar-refractivity contribution in [2.24, 2.45) is 9.98 Å². The average Bonchev–Trinajstić information content (AvgIpc) is 2.88. The third kappa shape index (κ3) is 6.41. The van der Waals surface area contributed by atoms with Gasteiger partial charge >= 0.3 is 11.9 Å². The van der Waals surface area contributed by atoms with Gasteiger partial charge in [-0.2, -0.15) is 9.98 Å². The van der Waals surface area contributed by atoms with Crippen LogP contribution in [-0.2, 0) is 20.0 Å². The minimum Gasteiger partial charge on any atom is -0.478 e. The van der Waals surface area contributed by atoms with Crippen LogP contribution in [0.25, 0.3) is 0 Å². The van der Waals surface area contributed by atoms with E-state index in [9.17, 15) is 19.2 Å². The number of hydrogen-bond donors (Lipinski definition) is 2. The van der Waals surface area contributed by atoms with Gasteiger partial charge in [-0.25, -0.2) is 19.2 Å². The molecular formula is C25H20N2O7. The van der Waals surface area contributed by atoms with Gasteiger partial charge in [-0.1, -0.05) is 72.8 Å². The Morgan fingerprint density at radius 1 is 0.765 bits per heavy atom. The number of benzene rings is 3. The van der Waals surface area contributed by atoms with Crippen molar-refractivity contribution in [1.29, 1.82) is 0 Å². The fraction of sp³-hybridized carbons (Fsp3) is 0.120. The molecule has 2 N–H and O–H groups in total. The van der Waals surface area contributed by atoms with Gasteiger partial charge in [0.1, 0.15) is 6.61 Å². The molecule has 0 saturated carbocycles. The molecule has 9 heteroatoms. The number of nitrogens with zero attached hydrogens (tertiary/aromatic N) is 2. The molecule has 0 radical (unpaired) electrons. The van der Waals surface area contributed by atoms with E-state index in [2.05, 4.69) is 14.7 Å². The summed E-state index contributed by atoms with van der Waals surface area (Å²) in [6, 6.07) is 23.5. The maximum absolute atomic E-state index is 11.3. The summed E-state index contributed by atoms with van der Waals surface area (Å²) < 4.78 is 4.62. The van der Waals surface area contributed by atoms with E-state index in [1.54, 1.807) is 54.6 Å². The highest BCUT2D eigenvalue weighted by atomic mass is 16.5. The maximum atomic E-state index is 11.3. The lowest BCUT2D eigenvalue weighted by Gasteiger charge is -2.22. The summed E-state index contributed by atoms with van der Waals surface area (Å²) in [5, 5.41) is 17.2. The van der Waals surface area contributed by atoms with Crippen molar-refractivity contribution in [3.8, 4) is 0 Å². The van der Waals surface area contributed by atoms with E-state index in [0.29, 0.717) is 11.1 Å². The van der Waals surface area contributed by atoms with Crippen molar-refractivity contribution in [2.75, 3.05) is 13.2 Å². The van der Waals surface area contributed by atoms with Crippen LogP contribution < -0.4 is 0 Å². The molecule has 0 aromatic heterocycles. The van der Waals surface area contributed by atoms with Crippen molar-refractivity contribution in [3.05, 3.63) is 107 Å². The standard InChI is InChI=1S/C15H10N2O2.C10H10O5/c18-11-16-15(17-12-19,13-7-3-1-4-8-13)14-9-5-2-6-10-14;11-5-6-15-10(14)8-4-2-1-3-7(8)9(12)13/h1-10H;1-4,11H,5-6H2,(H,12,13). The van der Waals surface area contributed by atoms with E-state index in [1.165, 1.54) is 30.4 Å². The Balaban J connectivity index is 0.000000248. The molecule has 0 atom stereocenters. The first-order valence-corrected chi connectivity index (χ1v) is 9.89. The van der Waals surface area contributed by atoms with Crippen LogP contribution in [0.2, 0.25) is 0 Å². The monoisotopic (exact) mass is 460 g/mol. The molecule has 9 nitrogen and oxygen atoms in total. The molecule has 0 heterocycles. The van der Waals surface area contributed by atoms with Gasteiger partial charge in [-0.15, -0.1) is 0 Å². The Hall–Kier alpha value is -4.68. The summed E-state index contributed by atoms with van der Waals surface area (Å²) in [5.74, 6) is -1.94. The Kier molecular flexibility index (Phi) is 9.78. The first-order valence-electron chi connectivity index (χ1n) is 9.89. The number of isocyanates is 2.